The lowest BCUT2D eigenvalue weighted by Gasteiger charge is -2.10. The highest BCUT2D eigenvalue weighted by Gasteiger charge is 2.06. The van der Waals surface area contributed by atoms with Crippen LogP contribution < -0.4 is 15.6 Å². The molecular weight excluding hydrogens is 352 g/mol. The maximum absolute atomic E-state index is 12.0. The second kappa shape index (κ2) is 8.36. The van der Waals surface area contributed by atoms with Crippen LogP contribution in [0.1, 0.15) is 5.56 Å². The summed E-state index contributed by atoms with van der Waals surface area (Å²) in [6, 6.07) is 19.3. The molecule has 0 aliphatic rings. The number of para-hydroxylation sites is 1. The van der Waals surface area contributed by atoms with Crippen molar-refractivity contribution < 1.29 is 9.53 Å². The minimum atomic E-state index is -0.281. The van der Waals surface area contributed by atoms with Gasteiger partial charge < -0.3 is 14.6 Å². The highest BCUT2D eigenvalue weighted by Crippen LogP contribution is 2.23. The molecule has 1 N–H and O–H groups in total. The SMILES string of the molecule is O=C(COc1ccccc1Cl)Nc1ccc(Cn2ccccc2=O)cc1. The van der Waals surface area contributed by atoms with Crippen LogP contribution in [0.3, 0.4) is 0 Å². The number of aromatic nitrogens is 1. The molecule has 0 bridgehead atoms. The summed E-state index contributed by atoms with van der Waals surface area (Å²) in [5.41, 5.74) is 1.56. The van der Waals surface area contributed by atoms with Gasteiger partial charge in [0.15, 0.2) is 6.61 Å². The minimum Gasteiger partial charge on any atom is -0.482 e. The fourth-order valence-electron chi connectivity index (χ4n) is 2.38. The fourth-order valence-corrected chi connectivity index (χ4v) is 2.57. The van der Waals surface area contributed by atoms with E-state index < -0.39 is 0 Å². The first-order chi connectivity index (χ1) is 12.6. The second-order valence-corrected chi connectivity index (χ2v) is 6.04. The molecule has 0 aliphatic heterocycles. The number of nitrogens with zero attached hydrogens (tertiary/aromatic N) is 1. The average Bonchev–Trinajstić information content (AvgIpc) is 2.64. The number of nitrogens with one attached hydrogen (secondary N) is 1. The number of carbonyl (C=O) groups is 1. The van der Waals surface area contributed by atoms with Gasteiger partial charge in [-0.25, -0.2) is 0 Å². The molecule has 1 aromatic heterocycles. The van der Waals surface area contributed by atoms with E-state index in [9.17, 15) is 9.59 Å². The van der Waals surface area contributed by atoms with Crippen molar-refractivity contribution >= 4 is 23.2 Å². The summed E-state index contributed by atoms with van der Waals surface area (Å²) in [6.07, 6.45) is 1.74. The second-order valence-electron chi connectivity index (χ2n) is 5.63. The number of anilines is 1. The smallest absolute Gasteiger partial charge is 0.262 e. The van der Waals surface area contributed by atoms with E-state index in [-0.39, 0.29) is 18.1 Å². The lowest BCUT2D eigenvalue weighted by molar-refractivity contribution is -0.118. The summed E-state index contributed by atoms with van der Waals surface area (Å²) < 4.78 is 7.02. The van der Waals surface area contributed by atoms with E-state index in [1.165, 1.54) is 6.07 Å². The van der Waals surface area contributed by atoms with E-state index in [4.69, 9.17) is 16.3 Å². The Labute approximate surface area is 155 Å². The van der Waals surface area contributed by atoms with E-state index >= 15 is 0 Å². The topological polar surface area (TPSA) is 60.3 Å². The van der Waals surface area contributed by atoms with Crippen molar-refractivity contribution in [1.82, 2.24) is 4.57 Å². The van der Waals surface area contributed by atoms with E-state index in [1.807, 2.05) is 18.2 Å². The predicted octanol–water partition coefficient (Wildman–Crippen LogP) is 3.57. The van der Waals surface area contributed by atoms with Crippen LogP contribution in [0.2, 0.25) is 5.02 Å². The molecule has 3 aromatic rings. The Morgan fingerprint density at radius 1 is 1.00 bits per heavy atom. The van der Waals surface area contributed by atoms with Crippen molar-refractivity contribution in [3.63, 3.8) is 0 Å². The van der Waals surface area contributed by atoms with Gasteiger partial charge in [-0.1, -0.05) is 41.9 Å². The first-order valence-electron chi connectivity index (χ1n) is 8.03. The molecule has 3 rings (SSSR count). The maximum Gasteiger partial charge on any atom is 0.262 e. The number of carbonyl (C=O) groups excluding carboxylic acids is 1. The van der Waals surface area contributed by atoms with Crippen LogP contribution in [0.25, 0.3) is 0 Å². The van der Waals surface area contributed by atoms with Crippen molar-refractivity contribution in [3.05, 3.63) is 93.9 Å². The Balaban J connectivity index is 1.55. The van der Waals surface area contributed by atoms with Gasteiger partial charge in [-0.05, 0) is 35.9 Å². The normalized spacial score (nSPS) is 10.3. The van der Waals surface area contributed by atoms with Crippen molar-refractivity contribution in [2.45, 2.75) is 6.54 Å². The molecule has 0 spiro atoms. The Kier molecular flexibility index (Phi) is 5.71. The van der Waals surface area contributed by atoms with Gasteiger partial charge in [0.2, 0.25) is 0 Å². The van der Waals surface area contributed by atoms with Gasteiger partial charge in [0.1, 0.15) is 5.75 Å². The molecule has 0 atom stereocenters. The number of rotatable bonds is 6. The zero-order chi connectivity index (χ0) is 18.4. The third kappa shape index (κ3) is 4.74. The monoisotopic (exact) mass is 368 g/mol. The van der Waals surface area contributed by atoms with Crippen molar-refractivity contribution in [1.29, 1.82) is 0 Å². The Morgan fingerprint density at radius 3 is 2.46 bits per heavy atom. The van der Waals surface area contributed by atoms with Gasteiger partial charge in [-0.3, -0.25) is 9.59 Å². The summed E-state index contributed by atoms with van der Waals surface area (Å²) in [4.78, 5) is 23.7. The third-order valence-electron chi connectivity index (χ3n) is 3.69. The minimum absolute atomic E-state index is 0.0541. The molecule has 2 aromatic carbocycles. The first-order valence-corrected chi connectivity index (χ1v) is 8.41. The van der Waals surface area contributed by atoms with Crippen LogP contribution in [0.15, 0.2) is 77.7 Å². The molecule has 0 fully saturated rings. The van der Waals surface area contributed by atoms with Gasteiger partial charge in [0.05, 0.1) is 11.6 Å². The Bertz CT molecular complexity index is 952. The highest BCUT2D eigenvalue weighted by atomic mass is 35.5. The summed E-state index contributed by atoms with van der Waals surface area (Å²) >= 11 is 5.98. The van der Waals surface area contributed by atoms with Crippen LogP contribution in [0, 0.1) is 0 Å². The lowest BCUT2D eigenvalue weighted by Crippen LogP contribution is -2.20. The third-order valence-corrected chi connectivity index (χ3v) is 4.00. The van der Waals surface area contributed by atoms with Crippen molar-refractivity contribution in [3.8, 4) is 5.75 Å². The summed E-state index contributed by atoms with van der Waals surface area (Å²) in [5.74, 6) is 0.185. The van der Waals surface area contributed by atoms with Gasteiger partial charge in [0, 0.05) is 18.0 Å². The number of hydrogen-bond acceptors (Lipinski definition) is 3. The Hall–Kier alpha value is -3.05. The molecule has 0 radical (unpaired) electrons. The van der Waals surface area contributed by atoms with E-state index in [2.05, 4.69) is 5.32 Å². The summed E-state index contributed by atoms with van der Waals surface area (Å²) in [6.45, 7) is 0.342. The van der Waals surface area contributed by atoms with Crippen molar-refractivity contribution in [2.75, 3.05) is 11.9 Å². The van der Waals surface area contributed by atoms with Crippen molar-refractivity contribution in [2.24, 2.45) is 0 Å². The zero-order valence-electron chi connectivity index (χ0n) is 13.9. The molecule has 0 unspecified atom stereocenters. The van der Waals surface area contributed by atoms with Crippen LogP contribution in [-0.4, -0.2) is 17.1 Å². The zero-order valence-corrected chi connectivity index (χ0v) is 14.6. The average molecular weight is 369 g/mol. The maximum atomic E-state index is 12.0. The number of hydrogen-bond donors (Lipinski definition) is 1. The van der Waals surface area contributed by atoms with Gasteiger partial charge >= 0.3 is 0 Å². The number of pyridine rings is 1. The first kappa shape index (κ1) is 17.8. The van der Waals surface area contributed by atoms with E-state index in [0.717, 1.165) is 5.56 Å². The summed E-state index contributed by atoms with van der Waals surface area (Å²) in [5, 5.41) is 3.22. The number of benzene rings is 2. The molecular formula is C20H17ClN2O3. The lowest BCUT2D eigenvalue weighted by atomic mass is 10.2. The number of amides is 1. The molecule has 0 saturated heterocycles. The standard InChI is InChI=1S/C20H17ClN2O3/c21-17-5-1-2-6-18(17)26-14-19(24)22-16-10-8-15(9-11-16)13-23-12-4-3-7-20(23)25/h1-12H,13-14H2,(H,22,24). The molecule has 0 saturated carbocycles. The van der Waals surface area contributed by atoms with E-state index in [0.29, 0.717) is 23.0 Å². The van der Waals surface area contributed by atoms with Crippen LogP contribution in [0.4, 0.5) is 5.69 Å². The Morgan fingerprint density at radius 2 is 1.73 bits per heavy atom. The van der Waals surface area contributed by atoms with E-state index in [1.54, 1.807) is 53.2 Å². The number of ether oxygens (including phenoxy) is 1. The predicted molar refractivity (Wildman–Crippen MR) is 102 cm³/mol. The molecule has 0 aliphatic carbocycles. The van der Waals surface area contributed by atoms with Crippen LogP contribution in [0.5, 0.6) is 5.75 Å². The molecule has 1 heterocycles. The van der Waals surface area contributed by atoms with Gasteiger partial charge in [-0.15, -0.1) is 0 Å². The number of halogens is 1. The largest absolute Gasteiger partial charge is 0.482 e. The quantitative estimate of drug-likeness (QED) is 0.723. The van der Waals surface area contributed by atoms with Gasteiger partial charge in [-0.2, -0.15) is 0 Å². The molecule has 132 valence electrons. The molecule has 5 nitrogen and oxygen atoms in total. The van der Waals surface area contributed by atoms with Crippen LogP contribution in [-0.2, 0) is 11.3 Å². The fraction of sp³-hybridized carbons (Fsp3) is 0.100. The van der Waals surface area contributed by atoms with Gasteiger partial charge in [0.25, 0.3) is 11.5 Å². The highest BCUT2D eigenvalue weighted by molar-refractivity contribution is 6.32. The molecule has 6 heteroatoms. The molecule has 1 amide bonds. The molecule has 26 heavy (non-hydrogen) atoms. The van der Waals surface area contributed by atoms with Crippen LogP contribution >= 0.6 is 11.6 Å². The summed E-state index contributed by atoms with van der Waals surface area (Å²) in [7, 11) is 0.